The van der Waals surface area contributed by atoms with Crippen molar-refractivity contribution in [3.8, 4) is 0 Å². The highest BCUT2D eigenvalue weighted by atomic mass is 127. The van der Waals surface area contributed by atoms with E-state index in [-0.39, 0.29) is 0 Å². The van der Waals surface area contributed by atoms with Crippen LogP contribution in [0.15, 0.2) is 48.5 Å². The fourth-order valence-corrected chi connectivity index (χ4v) is 3.09. The Balaban J connectivity index is 2.14. The molecule has 2 aromatic rings. The summed E-state index contributed by atoms with van der Waals surface area (Å²) in [6, 6.07) is 17.3. The van der Waals surface area contributed by atoms with Gasteiger partial charge >= 0.3 is 0 Å². The van der Waals surface area contributed by atoms with Crippen molar-refractivity contribution in [2.75, 3.05) is 0 Å². The van der Waals surface area contributed by atoms with Crippen LogP contribution in [0, 0.1) is 10.5 Å². The van der Waals surface area contributed by atoms with E-state index in [4.69, 9.17) is 0 Å². The van der Waals surface area contributed by atoms with Crippen molar-refractivity contribution in [3.05, 3.63) is 68.8 Å². The highest BCUT2D eigenvalue weighted by Gasteiger charge is 2.08. The molecule has 0 fully saturated rings. The molecule has 0 aliphatic carbocycles. The number of rotatable bonds is 3. The normalized spacial score (nSPS) is 12.4. The van der Waals surface area contributed by atoms with E-state index in [0.717, 1.165) is 6.42 Å². The average Bonchev–Trinajstić information content (AvgIpc) is 2.29. The van der Waals surface area contributed by atoms with E-state index < -0.39 is 0 Å². The monoisotopic (exact) mass is 400 g/mol. The number of alkyl halides is 1. The number of benzene rings is 2. The Kier molecular flexibility index (Phi) is 4.62. The molecule has 0 saturated heterocycles. The Labute approximate surface area is 125 Å². The molecular formula is C15H14BrI. The third-order valence-corrected chi connectivity index (χ3v) is 4.23. The summed E-state index contributed by atoms with van der Waals surface area (Å²) in [4.78, 5) is 0.388. The van der Waals surface area contributed by atoms with Crippen molar-refractivity contribution in [2.45, 2.75) is 18.2 Å². The molecule has 0 radical (unpaired) electrons. The lowest BCUT2D eigenvalue weighted by molar-refractivity contribution is 0.946. The molecule has 88 valence electrons. The minimum Gasteiger partial charge on any atom is -0.0835 e. The Hall–Kier alpha value is -0.350. The third-order valence-electron chi connectivity index (χ3n) is 2.71. The van der Waals surface area contributed by atoms with Crippen LogP contribution in [0.1, 0.15) is 21.5 Å². The second-order valence-corrected chi connectivity index (χ2v) is 6.57. The zero-order chi connectivity index (χ0) is 12.3. The Morgan fingerprint density at radius 3 is 2.59 bits per heavy atom. The van der Waals surface area contributed by atoms with Crippen LogP contribution in [-0.2, 0) is 6.42 Å². The molecule has 0 aromatic heterocycles. The number of aryl methyl sites for hydroxylation is 1. The molecule has 0 bridgehead atoms. The molecule has 2 aromatic carbocycles. The van der Waals surface area contributed by atoms with Gasteiger partial charge in [0.2, 0.25) is 0 Å². The molecule has 0 N–H and O–H groups in total. The molecule has 0 heterocycles. The fraction of sp³-hybridized carbons (Fsp3) is 0.200. The quantitative estimate of drug-likeness (QED) is 0.485. The van der Waals surface area contributed by atoms with Gasteiger partial charge in [0, 0.05) is 8.40 Å². The van der Waals surface area contributed by atoms with Gasteiger partial charge in [-0.15, -0.1) is 0 Å². The Morgan fingerprint density at radius 1 is 1.12 bits per heavy atom. The zero-order valence-corrected chi connectivity index (χ0v) is 13.4. The number of halogens is 2. The average molecular weight is 401 g/mol. The van der Waals surface area contributed by atoms with Crippen molar-refractivity contribution >= 4 is 38.5 Å². The van der Waals surface area contributed by atoms with Crippen LogP contribution in [0.5, 0.6) is 0 Å². The first-order valence-corrected chi connectivity index (χ1v) is 7.59. The standard InChI is InChI=1S/C15H14BrI/c1-11-4-2-5-12(8-11)9-15(16)13-6-3-7-14(17)10-13/h2-8,10,15H,9H2,1H3. The van der Waals surface area contributed by atoms with E-state index in [9.17, 15) is 0 Å². The second kappa shape index (κ2) is 6.01. The van der Waals surface area contributed by atoms with Gasteiger partial charge in [-0.1, -0.05) is 57.9 Å². The van der Waals surface area contributed by atoms with Crippen molar-refractivity contribution < 1.29 is 0 Å². The molecule has 1 atom stereocenters. The highest BCUT2D eigenvalue weighted by Crippen LogP contribution is 2.28. The summed E-state index contributed by atoms with van der Waals surface area (Å²) in [6.07, 6.45) is 1.03. The molecule has 0 amide bonds. The summed E-state index contributed by atoms with van der Waals surface area (Å²) in [5, 5.41) is 0. The van der Waals surface area contributed by atoms with E-state index in [1.54, 1.807) is 0 Å². The summed E-state index contributed by atoms with van der Waals surface area (Å²) >= 11 is 6.13. The van der Waals surface area contributed by atoms with Crippen molar-refractivity contribution in [3.63, 3.8) is 0 Å². The van der Waals surface area contributed by atoms with Gasteiger partial charge in [0.15, 0.2) is 0 Å². The molecule has 1 unspecified atom stereocenters. The molecule has 2 rings (SSSR count). The Morgan fingerprint density at radius 2 is 1.88 bits per heavy atom. The molecule has 17 heavy (non-hydrogen) atoms. The van der Waals surface area contributed by atoms with Gasteiger partial charge in [0.05, 0.1) is 0 Å². The lowest BCUT2D eigenvalue weighted by Crippen LogP contribution is -1.96. The lowest BCUT2D eigenvalue weighted by atomic mass is 10.0. The van der Waals surface area contributed by atoms with Crippen LogP contribution in [0.2, 0.25) is 0 Å². The third kappa shape index (κ3) is 3.81. The number of hydrogen-bond acceptors (Lipinski definition) is 0. The number of hydrogen-bond donors (Lipinski definition) is 0. The van der Waals surface area contributed by atoms with Crippen LogP contribution in [0.25, 0.3) is 0 Å². The second-order valence-electron chi connectivity index (χ2n) is 4.22. The molecular weight excluding hydrogens is 387 g/mol. The van der Waals surface area contributed by atoms with E-state index in [1.807, 2.05) is 0 Å². The predicted octanol–water partition coefficient (Wildman–Crippen LogP) is 5.28. The van der Waals surface area contributed by atoms with Crippen molar-refractivity contribution in [2.24, 2.45) is 0 Å². The van der Waals surface area contributed by atoms with E-state index >= 15 is 0 Å². The summed E-state index contributed by atoms with van der Waals surface area (Å²) in [5.41, 5.74) is 4.05. The first-order chi connectivity index (χ1) is 8.15. The lowest BCUT2D eigenvalue weighted by Gasteiger charge is -2.11. The smallest absolute Gasteiger partial charge is 0.0436 e. The minimum absolute atomic E-state index is 0.388. The van der Waals surface area contributed by atoms with Crippen LogP contribution in [0.3, 0.4) is 0 Å². The fourth-order valence-electron chi connectivity index (χ4n) is 1.87. The SMILES string of the molecule is Cc1cccc(CC(Br)c2cccc(I)c2)c1. The molecule has 2 heteroatoms. The maximum Gasteiger partial charge on any atom is 0.0436 e. The highest BCUT2D eigenvalue weighted by molar-refractivity contribution is 14.1. The van der Waals surface area contributed by atoms with Gasteiger partial charge < -0.3 is 0 Å². The molecule has 0 aliphatic heterocycles. The largest absolute Gasteiger partial charge is 0.0835 e. The summed E-state index contributed by atoms with van der Waals surface area (Å²) in [5.74, 6) is 0. The van der Waals surface area contributed by atoms with Crippen LogP contribution in [0.4, 0.5) is 0 Å². The first kappa shape index (κ1) is 13.1. The molecule has 0 saturated carbocycles. The summed E-state index contributed by atoms with van der Waals surface area (Å²) < 4.78 is 1.29. The zero-order valence-electron chi connectivity index (χ0n) is 9.66. The van der Waals surface area contributed by atoms with Crippen LogP contribution >= 0.6 is 38.5 Å². The van der Waals surface area contributed by atoms with Gasteiger partial charge in [0.25, 0.3) is 0 Å². The first-order valence-electron chi connectivity index (χ1n) is 5.60. The van der Waals surface area contributed by atoms with E-state index in [0.29, 0.717) is 4.83 Å². The molecule has 0 aliphatic rings. The van der Waals surface area contributed by atoms with E-state index in [2.05, 4.69) is 94.0 Å². The summed E-state index contributed by atoms with van der Waals surface area (Å²) in [6.45, 7) is 2.14. The maximum absolute atomic E-state index is 3.78. The van der Waals surface area contributed by atoms with Crippen molar-refractivity contribution in [1.29, 1.82) is 0 Å². The van der Waals surface area contributed by atoms with Gasteiger partial charge in [-0.2, -0.15) is 0 Å². The van der Waals surface area contributed by atoms with Gasteiger partial charge in [-0.3, -0.25) is 0 Å². The van der Waals surface area contributed by atoms with Gasteiger partial charge in [-0.25, -0.2) is 0 Å². The maximum atomic E-state index is 3.78. The van der Waals surface area contributed by atoms with Crippen LogP contribution < -0.4 is 0 Å². The topological polar surface area (TPSA) is 0 Å². The molecule has 0 spiro atoms. The van der Waals surface area contributed by atoms with Crippen molar-refractivity contribution in [1.82, 2.24) is 0 Å². The van der Waals surface area contributed by atoms with Crippen LogP contribution in [-0.4, -0.2) is 0 Å². The predicted molar refractivity (Wildman–Crippen MR) is 85.7 cm³/mol. The summed E-state index contributed by atoms with van der Waals surface area (Å²) in [7, 11) is 0. The van der Waals surface area contributed by atoms with E-state index in [1.165, 1.54) is 20.3 Å². The van der Waals surface area contributed by atoms with Gasteiger partial charge in [0.1, 0.15) is 0 Å². The molecule has 0 nitrogen and oxygen atoms in total. The van der Waals surface area contributed by atoms with Gasteiger partial charge in [-0.05, 0) is 59.2 Å². The minimum atomic E-state index is 0.388. The Bertz CT molecular complexity index is 508.